The van der Waals surface area contributed by atoms with Crippen molar-refractivity contribution >= 4 is 46.3 Å². The Bertz CT molecular complexity index is 601. The molecule has 0 aliphatic carbocycles. The predicted octanol–water partition coefficient (Wildman–Crippen LogP) is 5.12. The minimum absolute atomic E-state index is 0.506. The number of hydrogen-bond donors (Lipinski definition) is 1. The number of thioether (sulfide) groups is 1. The molecule has 0 radical (unpaired) electrons. The summed E-state index contributed by atoms with van der Waals surface area (Å²) in [6.07, 6.45) is 1.12. The molecule has 0 amide bonds. The van der Waals surface area contributed by atoms with Crippen molar-refractivity contribution < 1.29 is 5.11 Å². The molecule has 1 unspecified atom stereocenters. The van der Waals surface area contributed by atoms with Gasteiger partial charge in [0, 0.05) is 21.9 Å². The zero-order valence-corrected chi connectivity index (χ0v) is 13.9. The van der Waals surface area contributed by atoms with Gasteiger partial charge in [-0.1, -0.05) is 35.3 Å². The Morgan fingerprint density at radius 3 is 2.95 bits per heavy atom. The summed E-state index contributed by atoms with van der Waals surface area (Å²) in [5, 5.41) is 11.5. The third-order valence-electron chi connectivity index (χ3n) is 3.42. The van der Waals surface area contributed by atoms with E-state index in [-0.39, 0.29) is 0 Å². The molecule has 0 bridgehead atoms. The van der Waals surface area contributed by atoms with Crippen LogP contribution in [0.15, 0.2) is 24.3 Å². The molecule has 3 rings (SSSR count). The highest BCUT2D eigenvalue weighted by Crippen LogP contribution is 2.36. The zero-order chi connectivity index (χ0) is 14.1. The molecule has 1 aliphatic heterocycles. The van der Waals surface area contributed by atoms with E-state index in [1.807, 2.05) is 23.9 Å². The number of aryl methyl sites for hydroxylation is 1. The number of rotatable bonds is 3. The lowest BCUT2D eigenvalue weighted by Crippen LogP contribution is -2.00. The number of aliphatic hydroxyl groups is 1. The lowest BCUT2D eigenvalue weighted by molar-refractivity contribution is 0.182. The maximum absolute atomic E-state index is 10.4. The molecule has 2 aromatic rings. The van der Waals surface area contributed by atoms with Crippen LogP contribution in [0.5, 0.6) is 0 Å². The first-order valence-corrected chi connectivity index (χ1v) is 9.18. The molecule has 2 heterocycles. The first-order valence-electron chi connectivity index (χ1n) is 6.45. The quantitative estimate of drug-likeness (QED) is 0.833. The molecule has 0 spiro atoms. The highest BCUT2D eigenvalue weighted by atomic mass is 35.5. The topological polar surface area (TPSA) is 20.2 Å². The molecule has 1 atom stereocenters. The Kier molecular flexibility index (Phi) is 4.63. The van der Waals surface area contributed by atoms with Gasteiger partial charge in [-0.2, -0.15) is 11.8 Å². The van der Waals surface area contributed by atoms with Crippen LogP contribution in [0.1, 0.15) is 27.0 Å². The number of thiophene rings is 1. The van der Waals surface area contributed by atoms with Crippen LogP contribution >= 0.6 is 46.3 Å². The monoisotopic (exact) mass is 344 g/mol. The van der Waals surface area contributed by atoms with Crippen LogP contribution in [0.25, 0.3) is 0 Å². The van der Waals surface area contributed by atoms with Crippen LogP contribution in [0.2, 0.25) is 10.0 Å². The van der Waals surface area contributed by atoms with Gasteiger partial charge in [0.25, 0.3) is 0 Å². The van der Waals surface area contributed by atoms with Gasteiger partial charge in [0.1, 0.15) is 0 Å². The van der Waals surface area contributed by atoms with Crippen LogP contribution in [-0.2, 0) is 18.6 Å². The zero-order valence-electron chi connectivity index (χ0n) is 10.7. The first-order chi connectivity index (χ1) is 9.65. The third-order valence-corrected chi connectivity index (χ3v) is 6.62. The summed E-state index contributed by atoms with van der Waals surface area (Å²) in [5.74, 6) is 2.25. The van der Waals surface area contributed by atoms with Gasteiger partial charge in [-0.25, -0.2) is 0 Å². The molecule has 1 N–H and O–H groups in total. The summed E-state index contributed by atoms with van der Waals surface area (Å²) in [6.45, 7) is 0. The number of hydrogen-bond acceptors (Lipinski definition) is 3. The summed E-state index contributed by atoms with van der Waals surface area (Å²) in [6, 6.07) is 7.70. The fraction of sp³-hybridized carbons (Fsp3) is 0.333. The van der Waals surface area contributed by atoms with Crippen molar-refractivity contribution in [2.24, 2.45) is 0 Å². The summed E-state index contributed by atoms with van der Waals surface area (Å²) >= 11 is 15.9. The van der Waals surface area contributed by atoms with Crippen molar-refractivity contribution in [3.8, 4) is 0 Å². The lowest BCUT2D eigenvalue weighted by atomic mass is 10.1. The smallest absolute Gasteiger partial charge is 0.0922 e. The molecule has 1 aromatic heterocycles. The van der Waals surface area contributed by atoms with E-state index >= 15 is 0 Å². The Morgan fingerprint density at radius 1 is 1.30 bits per heavy atom. The summed E-state index contributed by atoms with van der Waals surface area (Å²) in [4.78, 5) is 2.46. The van der Waals surface area contributed by atoms with Crippen LogP contribution in [-0.4, -0.2) is 10.9 Å². The number of fused-ring (bicyclic) bond motifs is 1. The van der Waals surface area contributed by atoms with Gasteiger partial charge >= 0.3 is 0 Å². The standard InChI is InChI=1S/C15H14Cl2OS2/c16-11-3-1-2-9(15(11)17)6-12(18)14-7-10-8-19-5-4-13(10)20-14/h1-3,7,12,18H,4-6,8H2. The molecule has 106 valence electrons. The molecule has 5 heteroatoms. The van der Waals surface area contributed by atoms with E-state index in [0.717, 1.165) is 22.6 Å². The van der Waals surface area contributed by atoms with E-state index in [4.69, 9.17) is 23.2 Å². The molecular weight excluding hydrogens is 331 g/mol. The summed E-state index contributed by atoms with van der Waals surface area (Å²) in [5.41, 5.74) is 2.28. The van der Waals surface area contributed by atoms with E-state index in [2.05, 4.69) is 6.07 Å². The number of halogens is 2. The van der Waals surface area contributed by atoms with Crippen molar-refractivity contribution in [1.82, 2.24) is 0 Å². The van der Waals surface area contributed by atoms with Gasteiger partial charge in [0.05, 0.1) is 16.1 Å². The van der Waals surface area contributed by atoms with Crippen LogP contribution in [0.3, 0.4) is 0 Å². The average molecular weight is 345 g/mol. The fourth-order valence-electron chi connectivity index (χ4n) is 2.35. The molecular formula is C15H14Cl2OS2. The van der Waals surface area contributed by atoms with Crippen LogP contribution in [0.4, 0.5) is 0 Å². The van der Waals surface area contributed by atoms with Crippen LogP contribution in [0, 0.1) is 0 Å². The van der Waals surface area contributed by atoms with Gasteiger partial charge in [-0.3, -0.25) is 0 Å². The largest absolute Gasteiger partial charge is 0.387 e. The average Bonchev–Trinajstić information content (AvgIpc) is 2.88. The highest BCUT2D eigenvalue weighted by molar-refractivity contribution is 7.98. The lowest BCUT2D eigenvalue weighted by Gasteiger charge is -2.10. The minimum atomic E-state index is -0.508. The van der Waals surface area contributed by atoms with E-state index in [1.54, 1.807) is 17.4 Å². The second-order valence-electron chi connectivity index (χ2n) is 4.83. The Hall–Kier alpha value is -0.190. The maximum Gasteiger partial charge on any atom is 0.0922 e. The SMILES string of the molecule is OC(Cc1cccc(Cl)c1Cl)c1cc2c(s1)CCSC2. The van der Waals surface area contributed by atoms with Gasteiger partial charge < -0.3 is 5.11 Å². The van der Waals surface area contributed by atoms with Crippen molar-refractivity contribution in [3.05, 3.63) is 55.2 Å². The minimum Gasteiger partial charge on any atom is -0.387 e. The van der Waals surface area contributed by atoms with Crippen LogP contribution < -0.4 is 0 Å². The molecule has 1 aliphatic rings. The van der Waals surface area contributed by atoms with E-state index < -0.39 is 6.10 Å². The van der Waals surface area contributed by atoms with Gasteiger partial charge in [0.15, 0.2) is 0 Å². The molecule has 0 saturated carbocycles. The maximum atomic E-state index is 10.4. The second kappa shape index (κ2) is 6.29. The van der Waals surface area contributed by atoms with Crippen molar-refractivity contribution in [2.75, 3.05) is 5.75 Å². The highest BCUT2D eigenvalue weighted by Gasteiger charge is 2.19. The second-order valence-corrected chi connectivity index (χ2v) is 7.89. The van der Waals surface area contributed by atoms with E-state index in [0.29, 0.717) is 16.5 Å². The molecule has 20 heavy (non-hydrogen) atoms. The summed E-state index contributed by atoms with van der Waals surface area (Å²) < 4.78 is 0. The summed E-state index contributed by atoms with van der Waals surface area (Å²) in [7, 11) is 0. The van der Waals surface area contributed by atoms with Crippen molar-refractivity contribution in [1.29, 1.82) is 0 Å². The number of aliphatic hydroxyl groups excluding tert-OH is 1. The molecule has 1 nitrogen and oxygen atoms in total. The van der Waals surface area contributed by atoms with Gasteiger partial charge in [0.2, 0.25) is 0 Å². The van der Waals surface area contributed by atoms with Gasteiger partial charge in [-0.05, 0) is 35.4 Å². The molecule has 1 aromatic carbocycles. The number of benzene rings is 1. The molecule has 0 fully saturated rings. The Labute approximate surface area is 136 Å². The van der Waals surface area contributed by atoms with Crippen molar-refractivity contribution in [2.45, 2.75) is 24.7 Å². The van der Waals surface area contributed by atoms with Gasteiger partial charge in [-0.15, -0.1) is 11.3 Å². The van der Waals surface area contributed by atoms with Crippen molar-refractivity contribution in [3.63, 3.8) is 0 Å². The van der Waals surface area contributed by atoms with E-state index in [9.17, 15) is 5.11 Å². The normalized spacial score (nSPS) is 15.9. The fourth-order valence-corrected chi connectivity index (χ4v) is 5.11. The van der Waals surface area contributed by atoms with E-state index in [1.165, 1.54) is 16.2 Å². The Morgan fingerprint density at radius 2 is 2.15 bits per heavy atom. The molecule has 0 saturated heterocycles. The predicted molar refractivity (Wildman–Crippen MR) is 89.3 cm³/mol. The first kappa shape index (κ1) is 14.7. The third kappa shape index (κ3) is 3.02. The Balaban J connectivity index is 1.80.